The Morgan fingerprint density at radius 1 is 1.32 bits per heavy atom. The number of nitrogens with zero attached hydrogens (tertiary/aromatic N) is 2. The predicted octanol–water partition coefficient (Wildman–Crippen LogP) is 3.03. The Bertz CT molecular complexity index is 485. The Morgan fingerprint density at radius 3 is 2.63 bits per heavy atom. The molecule has 0 radical (unpaired) electrons. The molecule has 1 aromatic rings. The maximum Gasteiger partial charge on any atom is 0.240 e. The van der Waals surface area contributed by atoms with Crippen molar-refractivity contribution in [1.82, 2.24) is 0 Å². The minimum absolute atomic E-state index is 0.129. The van der Waals surface area contributed by atoms with E-state index in [1.165, 1.54) is 18.5 Å². The summed E-state index contributed by atoms with van der Waals surface area (Å²) in [7, 11) is 0. The number of alkyl halides is 1. The first-order valence-corrected chi connectivity index (χ1v) is 7.88. The van der Waals surface area contributed by atoms with Crippen LogP contribution in [0, 0.1) is 5.92 Å². The van der Waals surface area contributed by atoms with Crippen LogP contribution in [-0.4, -0.2) is 30.4 Å². The lowest BCUT2D eigenvalue weighted by Crippen LogP contribution is -2.46. The van der Waals surface area contributed by atoms with Gasteiger partial charge in [0.25, 0.3) is 0 Å². The smallest absolute Gasteiger partial charge is 0.240 e. The Hall–Kier alpha value is -1.03. The first-order chi connectivity index (χ1) is 9.16. The molecule has 102 valence electrons. The Morgan fingerprint density at radius 2 is 2.00 bits per heavy atom. The molecule has 2 aliphatic rings. The minimum Gasteiger partial charge on any atom is -0.368 e. The molecule has 3 rings (SSSR count). The van der Waals surface area contributed by atoms with E-state index in [2.05, 4.69) is 39.0 Å². The summed E-state index contributed by atoms with van der Waals surface area (Å²) in [5, 5.41) is 0. The molecule has 1 heterocycles. The number of halogens is 1. The summed E-state index contributed by atoms with van der Waals surface area (Å²) in [5.41, 5.74) is 2.27. The van der Waals surface area contributed by atoms with Crippen molar-refractivity contribution in [2.24, 2.45) is 5.92 Å². The molecule has 1 amide bonds. The van der Waals surface area contributed by atoms with Crippen LogP contribution in [0.5, 0.6) is 0 Å². The van der Waals surface area contributed by atoms with Crippen molar-refractivity contribution in [2.45, 2.75) is 24.6 Å². The highest BCUT2D eigenvalue weighted by molar-refractivity contribution is 9.10. The molecular formula is C15H19BrN2O. The van der Waals surface area contributed by atoms with Crippen LogP contribution in [0.4, 0.5) is 11.4 Å². The normalized spacial score (nSPS) is 20.1. The zero-order valence-corrected chi connectivity index (χ0v) is 12.8. The lowest BCUT2D eigenvalue weighted by Gasteiger charge is -2.38. The topological polar surface area (TPSA) is 23.6 Å². The van der Waals surface area contributed by atoms with Gasteiger partial charge in [0.2, 0.25) is 5.91 Å². The predicted molar refractivity (Wildman–Crippen MR) is 82.1 cm³/mol. The van der Waals surface area contributed by atoms with E-state index in [-0.39, 0.29) is 10.7 Å². The molecule has 1 fully saturated rings. The number of fused-ring (bicyclic) bond motifs is 1. The van der Waals surface area contributed by atoms with Crippen molar-refractivity contribution in [3.05, 3.63) is 24.3 Å². The molecule has 1 unspecified atom stereocenters. The molecule has 1 aromatic carbocycles. The van der Waals surface area contributed by atoms with Gasteiger partial charge in [0.15, 0.2) is 0 Å². The molecule has 0 aromatic heterocycles. The molecule has 1 aliphatic carbocycles. The number of benzene rings is 1. The van der Waals surface area contributed by atoms with Crippen molar-refractivity contribution >= 4 is 33.2 Å². The first kappa shape index (κ1) is 13.0. The van der Waals surface area contributed by atoms with E-state index >= 15 is 0 Å². The fraction of sp³-hybridized carbons (Fsp3) is 0.533. The molecule has 0 spiro atoms. The number of hydrogen-bond donors (Lipinski definition) is 0. The highest BCUT2D eigenvalue weighted by Gasteiger charge is 2.31. The second kappa shape index (κ2) is 5.16. The van der Waals surface area contributed by atoms with Crippen molar-refractivity contribution in [3.63, 3.8) is 0 Å². The van der Waals surface area contributed by atoms with Crippen LogP contribution in [0.25, 0.3) is 0 Å². The standard InChI is InChI=1S/C15H19BrN2O/c1-11(16)15(19)18-9-8-17(10-12-6-7-12)13-4-2-3-5-14(13)18/h2-5,11-12H,6-10H2,1H3. The second-order valence-electron chi connectivity index (χ2n) is 5.48. The summed E-state index contributed by atoms with van der Waals surface area (Å²) in [6.07, 6.45) is 2.72. The van der Waals surface area contributed by atoms with Crippen LogP contribution in [-0.2, 0) is 4.79 Å². The van der Waals surface area contributed by atoms with E-state index in [1.54, 1.807) is 0 Å². The zero-order valence-electron chi connectivity index (χ0n) is 11.2. The van der Waals surface area contributed by atoms with Crippen molar-refractivity contribution < 1.29 is 4.79 Å². The third-order valence-corrected chi connectivity index (χ3v) is 4.28. The zero-order chi connectivity index (χ0) is 13.4. The maximum atomic E-state index is 12.3. The van der Waals surface area contributed by atoms with E-state index in [1.807, 2.05) is 17.9 Å². The summed E-state index contributed by atoms with van der Waals surface area (Å²) in [6.45, 7) is 4.77. The molecule has 1 saturated carbocycles. The van der Waals surface area contributed by atoms with Crippen LogP contribution in [0.15, 0.2) is 24.3 Å². The third-order valence-electron chi connectivity index (χ3n) is 3.89. The Balaban J connectivity index is 1.88. The summed E-state index contributed by atoms with van der Waals surface area (Å²) in [5.74, 6) is 1.02. The van der Waals surface area contributed by atoms with Gasteiger partial charge in [-0.1, -0.05) is 28.1 Å². The molecule has 3 nitrogen and oxygen atoms in total. The number of rotatable bonds is 3. The van der Waals surface area contributed by atoms with Gasteiger partial charge in [0.1, 0.15) is 0 Å². The van der Waals surface area contributed by atoms with Gasteiger partial charge in [-0.05, 0) is 37.8 Å². The van der Waals surface area contributed by atoms with Crippen molar-refractivity contribution in [1.29, 1.82) is 0 Å². The summed E-state index contributed by atoms with van der Waals surface area (Å²) >= 11 is 3.39. The number of carbonyl (C=O) groups is 1. The van der Waals surface area contributed by atoms with Crippen LogP contribution in [0.1, 0.15) is 19.8 Å². The quantitative estimate of drug-likeness (QED) is 0.798. The largest absolute Gasteiger partial charge is 0.368 e. The molecule has 19 heavy (non-hydrogen) atoms. The molecule has 0 saturated heterocycles. The van der Waals surface area contributed by atoms with Crippen LogP contribution < -0.4 is 9.80 Å². The number of carbonyl (C=O) groups excluding carboxylic acids is 1. The van der Waals surface area contributed by atoms with Gasteiger partial charge >= 0.3 is 0 Å². The number of hydrogen-bond acceptors (Lipinski definition) is 2. The van der Waals surface area contributed by atoms with Crippen LogP contribution in [0.2, 0.25) is 0 Å². The molecule has 0 N–H and O–H groups in total. The monoisotopic (exact) mass is 322 g/mol. The van der Waals surface area contributed by atoms with E-state index in [0.29, 0.717) is 0 Å². The van der Waals surface area contributed by atoms with E-state index in [4.69, 9.17) is 0 Å². The summed E-state index contributed by atoms with van der Waals surface area (Å²) in [6, 6.07) is 8.26. The summed E-state index contributed by atoms with van der Waals surface area (Å²) in [4.78, 5) is 16.5. The highest BCUT2D eigenvalue weighted by atomic mass is 79.9. The van der Waals surface area contributed by atoms with Crippen molar-refractivity contribution in [2.75, 3.05) is 29.4 Å². The first-order valence-electron chi connectivity index (χ1n) is 6.96. The van der Waals surface area contributed by atoms with Gasteiger partial charge in [-0.3, -0.25) is 4.79 Å². The number of para-hydroxylation sites is 2. The SMILES string of the molecule is CC(Br)C(=O)N1CCN(CC2CC2)c2ccccc21. The Labute approximate surface area is 122 Å². The fourth-order valence-corrected chi connectivity index (χ4v) is 2.91. The lowest BCUT2D eigenvalue weighted by molar-refractivity contribution is -0.117. The second-order valence-corrected chi connectivity index (χ2v) is 6.86. The fourth-order valence-electron chi connectivity index (χ4n) is 2.67. The van der Waals surface area contributed by atoms with Crippen molar-refractivity contribution in [3.8, 4) is 0 Å². The highest BCUT2D eigenvalue weighted by Crippen LogP contribution is 2.37. The maximum absolute atomic E-state index is 12.3. The van der Waals surface area contributed by atoms with Gasteiger partial charge < -0.3 is 9.80 Å². The van der Waals surface area contributed by atoms with Crippen LogP contribution >= 0.6 is 15.9 Å². The molecule has 1 atom stereocenters. The Kier molecular flexibility index (Phi) is 3.52. The molecular weight excluding hydrogens is 304 g/mol. The van der Waals surface area contributed by atoms with Gasteiger partial charge in [-0.15, -0.1) is 0 Å². The van der Waals surface area contributed by atoms with Gasteiger partial charge in [-0.2, -0.15) is 0 Å². The molecule has 0 bridgehead atoms. The number of amides is 1. The number of anilines is 2. The van der Waals surface area contributed by atoms with Gasteiger partial charge in [-0.25, -0.2) is 0 Å². The molecule has 1 aliphatic heterocycles. The lowest BCUT2D eigenvalue weighted by atomic mass is 10.1. The van der Waals surface area contributed by atoms with Gasteiger partial charge in [0, 0.05) is 19.6 Å². The van der Waals surface area contributed by atoms with E-state index < -0.39 is 0 Å². The average molecular weight is 323 g/mol. The third kappa shape index (κ3) is 2.64. The van der Waals surface area contributed by atoms with E-state index in [9.17, 15) is 4.79 Å². The van der Waals surface area contributed by atoms with E-state index in [0.717, 1.165) is 31.2 Å². The van der Waals surface area contributed by atoms with Gasteiger partial charge in [0.05, 0.1) is 16.2 Å². The minimum atomic E-state index is -0.129. The average Bonchev–Trinajstić information content (AvgIpc) is 3.22. The summed E-state index contributed by atoms with van der Waals surface area (Å²) < 4.78 is 0. The molecule has 4 heteroatoms. The van der Waals surface area contributed by atoms with Crippen LogP contribution in [0.3, 0.4) is 0 Å².